The molecule has 0 saturated carbocycles. The maximum atomic E-state index is 10.2. The van der Waals surface area contributed by atoms with Crippen molar-refractivity contribution in [3.05, 3.63) is 0 Å². The van der Waals surface area contributed by atoms with E-state index in [1.165, 1.54) is 0 Å². The predicted octanol–water partition coefficient (Wildman–Crippen LogP) is -3.75. The Morgan fingerprint density at radius 1 is 1.70 bits per heavy atom. The minimum atomic E-state index is -4.02. The second kappa shape index (κ2) is 3.68. The first-order valence-electron chi connectivity index (χ1n) is 2.35. The topological polar surface area (TPSA) is 70.0 Å². The molecule has 7 heteroatoms. The first-order valence-corrected chi connectivity index (χ1v) is 3.74. The van der Waals surface area contributed by atoms with Crippen molar-refractivity contribution in [2.45, 2.75) is 0 Å². The van der Waals surface area contributed by atoms with Crippen molar-refractivity contribution in [3.8, 4) is 0 Å². The molecule has 0 aromatic rings. The van der Waals surface area contributed by atoms with Crippen LogP contribution >= 0.6 is 0 Å². The van der Waals surface area contributed by atoms with Crippen molar-refractivity contribution in [1.29, 1.82) is 0 Å². The summed E-state index contributed by atoms with van der Waals surface area (Å²) in [4.78, 5) is 3.59. The van der Waals surface area contributed by atoms with Crippen molar-refractivity contribution in [2.75, 3.05) is 13.1 Å². The number of hydrogen-bond acceptors (Lipinski definition) is 3. The SMILES string of the molecule is O=S(=O)(O)N1C=NCC1.[H-].[Na+]. The minimum absolute atomic E-state index is 0. The van der Waals surface area contributed by atoms with E-state index in [1.54, 1.807) is 0 Å². The van der Waals surface area contributed by atoms with Crippen molar-refractivity contribution >= 4 is 16.6 Å². The van der Waals surface area contributed by atoms with Gasteiger partial charge in [0.2, 0.25) is 0 Å². The fourth-order valence-electron chi connectivity index (χ4n) is 0.538. The van der Waals surface area contributed by atoms with Gasteiger partial charge in [0.25, 0.3) is 0 Å². The van der Waals surface area contributed by atoms with E-state index in [0.717, 1.165) is 10.6 Å². The number of rotatable bonds is 1. The average Bonchev–Trinajstić information content (AvgIpc) is 2.08. The van der Waals surface area contributed by atoms with Gasteiger partial charge in [-0.25, -0.2) is 4.31 Å². The van der Waals surface area contributed by atoms with Crippen LogP contribution in [0.4, 0.5) is 0 Å². The second-order valence-corrected chi connectivity index (χ2v) is 2.97. The summed E-state index contributed by atoms with van der Waals surface area (Å²) in [7, 11) is -4.02. The van der Waals surface area contributed by atoms with Crippen LogP contribution in [0.1, 0.15) is 1.43 Å². The van der Waals surface area contributed by atoms with E-state index in [9.17, 15) is 8.42 Å². The van der Waals surface area contributed by atoms with E-state index < -0.39 is 10.3 Å². The molecule has 0 aliphatic carbocycles. The van der Waals surface area contributed by atoms with Gasteiger partial charge in [0, 0.05) is 0 Å². The quantitative estimate of drug-likeness (QED) is 0.328. The van der Waals surface area contributed by atoms with Gasteiger partial charge in [-0.2, -0.15) is 8.42 Å². The largest absolute Gasteiger partial charge is 1.00 e. The monoisotopic (exact) mass is 174 g/mol. The predicted molar refractivity (Wildman–Crippen MR) is 32.7 cm³/mol. The van der Waals surface area contributed by atoms with Gasteiger partial charge in [-0.05, 0) is 0 Å². The third-order valence-electron chi connectivity index (χ3n) is 0.956. The summed E-state index contributed by atoms with van der Waals surface area (Å²) >= 11 is 0. The molecule has 0 spiro atoms. The molecule has 0 radical (unpaired) electrons. The Balaban J connectivity index is 0. The standard InChI is InChI=1S/C3H6N2O3S.Na.H/c6-9(7,8)5-2-1-4-3-5;;/h3H,1-2H2,(H,6,7,8);;/q;+1;-1. The van der Waals surface area contributed by atoms with Crippen LogP contribution in [-0.2, 0) is 10.3 Å². The van der Waals surface area contributed by atoms with Crippen LogP contribution in [-0.4, -0.2) is 36.7 Å². The van der Waals surface area contributed by atoms with Crippen LogP contribution in [0.25, 0.3) is 0 Å². The minimum Gasteiger partial charge on any atom is -1.00 e. The van der Waals surface area contributed by atoms with Crippen molar-refractivity contribution in [3.63, 3.8) is 0 Å². The van der Waals surface area contributed by atoms with Gasteiger partial charge in [-0.15, -0.1) is 0 Å². The van der Waals surface area contributed by atoms with Gasteiger partial charge < -0.3 is 1.43 Å². The zero-order valence-electron chi connectivity index (χ0n) is 6.56. The number of hydrogen-bond donors (Lipinski definition) is 1. The summed E-state index contributed by atoms with van der Waals surface area (Å²) < 4.78 is 29.6. The summed E-state index contributed by atoms with van der Waals surface area (Å²) in [6.45, 7) is 0.679. The molecule has 5 nitrogen and oxygen atoms in total. The zero-order chi connectivity index (χ0) is 6.91. The molecule has 54 valence electrons. The molecule has 1 aliphatic heterocycles. The number of nitrogens with zero attached hydrogens (tertiary/aromatic N) is 2. The molecule has 0 unspecified atom stereocenters. The van der Waals surface area contributed by atoms with Crippen molar-refractivity contribution < 1.29 is 44.0 Å². The fourth-order valence-corrected chi connectivity index (χ4v) is 1.04. The zero-order valence-corrected chi connectivity index (χ0v) is 8.37. The third kappa shape index (κ3) is 2.55. The smallest absolute Gasteiger partial charge is 1.00 e. The van der Waals surface area contributed by atoms with E-state index in [4.69, 9.17) is 4.55 Å². The summed E-state index contributed by atoms with van der Waals surface area (Å²) in [6, 6.07) is 0. The Hall–Kier alpha value is 0.380. The van der Waals surface area contributed by atoms with Crippen LogP contribution in [0.2, 0.25) is 0 Å². The van der Waals surface area contributed by atoms with E-state index in [1.807, 2.05) is 0 Å². The van der Waals surface area contributed by atoms with E-state index in [2.05, 4.69) is 4.99 Å². The van der Waals surface area contributed by atoms with Gasteiger partial charge in [0.15, 0.2) is 0 Å². The normalized spacial score (nSPS) is 17.1. The summed E-state index contributed by atoms with van der Waals surface area (Å²) in [5.74, 6) is 0. The van der Waals surface area contributed by atoms with Crippen LogP contribution in [0.5, 0.6) is 0 Å². The van der Waals surface area contributed by atoms with Crippen LogP contribution < -0.4 is 29.6 Å². The molecule has 1 aliphatic rings. The maximum absolute atomic E-state index is 10.2. The van der Waals surface area contributed by atoms with E-state index >= 15 is 0 Å². The first-order chi connectivity index (χ1) is 4.11. The summed E-state index contributed by atoms with van der Waals surface area (Å²) in [5, 5.41) is 0. The van der Waals surface area contributed by atoms with E-state index in [0.29, 0.717) is 6.54 Å². The molecular formula is C3H7N2NaO3S. The van der Waals surface area contributed by atoms with Gasteiger partial charge >= 0.3 is 39.9 Å². The Bertz CT molecular complexity index is 229. The molecule has 0 saturated heterocycles. The first kappa shape index (κ1) is 10.4. The molecule has 1 heterocycles. The van der Waals surface area contributed by atoms with Gasteiger partial charge in [0.1, 0.15) is 6.34 Å². The molecule has 1 rings (SSSR count). The summed E-state index contributed by atoms with van der Waals surface area (Å²) in [5.41, 5.74) is 0. The van der Waals surface area contributed by atoms with Gasteiger partial charge in [-0.1, -0.05) is 0 Å². The molecule has 1 N–H and O–H groups in total. The van der Waals surface area contributed by atoms with E-state index in [-0.39, 0.29) is 37.5 Å². The molecule has 0 bridgehead atoms. The Morgan fingerprint density at radius 2 is 2.30 bits per heavy atom. The third-order valence-corrected chi connectivity index (χ3v) is 1.83. The van der Waals surface area contributed by atoms with Crippen LogP contribution in [0, 0.1) is 0 Å². The van der Waals surface area contributed by atoms with Crippen molar-refractivity contribution in [2.24, 2.45) is 4.99 Å². The molecule has 0 fully saturated rings. The van der Waals surface area contributed by atoms with Crippen LogP contribution in [0.3, 0.4) is 0 Å². The Morgan fingerprint density at radius 3 is 2.50 bits per heavy atom. The molecule has 0 amide bonds. The molecule has 10 heavy (non-hydrogen) atoms. The summed E-state index contributed by atoms with van der Waals surface area (Å²) in [6.07, 6.45) is 1.11. The molecule has 0 aromatic carbocycles. The number of aliphatic imine (C=N–C) groups is 1. The van der Waals surface area contributed by atoms with Crippen molar-refractivity contribution in [1.82, 2.24) is 4.31 Å². The molecular weight excluding hydrogens is 167 g/mol. The molecule has 0 aromatic heterocycles. The van der Waals surface area contributed by atoms with Crippen LogP contribution in [0.15, 0.2) is 4.99 Å². The maximum Gasteiger partial charge on any atom is 1.00 e. The Kier molecular flexibility index (Phi) is 3.82. The second-order valence-electron chi connectivity index (χ2n) is 1.61. The fraction of sp³-hybridized carbons (Fsp3) is 0.667. The average molecular weight is 174 g/mol. The van der Waals surface area contributed by atoms with Gasteiger partial charge in [-0.3, -0.25) is 9.55 Å². The van der Waals surface area contributed by atoms with Gasteiger partial charge in [0.05, 0.1) is 13.1 Å². The Labute approximate surface area is 82.8 Å². The molecule has 0 atom stereocenters.